The second kappa shape index (κ2) is 5.61. The van der Waals surface area contributed by atoms with Crippen LogP contribution < -0.4 is 0 Å². The molecule has 0 aromatic carbocycles. The zero-order valence-corrected chi connectivity index (χ0v) is 13.6. The smallest absolute Gasteiger partial charge is 0.0580 e. The van der Waals surface area contributed by atoms with E-state index in [1.54, 1.807) is 0 Å². The quantitative estimate of drug-likeness (QED) is 0.835. The van der Waals surface area contributed by atoms with Gasteiger partial charge in [-0.05, 0) is 61.2 Å². The molecule has 0 bridgehead atoms. The van der Waals surface area contributed by atoms with Crippen molar-refractivity contribution in [2.75, 3.05) is 19.6 Å². The fourth-order valence-electron chi connectivity index (χ4n) is 5.04. The molecule has 2 nitrogen and oxygen atoms in total. The monoisotopic (exact) mass is 279 g/mol. The molecule has 3 fully saturated rings. The molecule has 20 heavy (non-hydrogen) atoms. The van der Waals surface area contributed by atoms with Gasteiger partial charge in [-0.1, -0.05) is 27.2 Å². The SMILES string of the molecule is CC(C)(C)C1CCC(O)C(CN2CC3CCCC3C2)C1. The van der Waals surface area contributed by atoms with E-state index >= 15 is 0 Å². The summed E-state index contributed by atoms with van der Waals surface area (Å²) in [6, 6.07) is 0. The highest BCUT2D eigenvalue weighted by Crippen LogP contribution is 2.42. The Hall–Kier alpha value is -0.0800. The van der Waals surface area contributed by atoms with E-state index < -0.39 is 0 Å². The molecule has 5 atom stereocenters. The Morgan fingerprint density at radius 2 is 1.65 bits per heavy atom. The lowest BCUT2D eigenvalue weighted by molar-refractivity contribution is 0.00530. The highest BCUT2D eigenvalue weighted by molar-refractivity contribution is 4.92. The molecule has 2 saturated carbocycles. The van der Waals surface area contributed by atoms with Crippen molar-refractivity contribution in [3.8, 4) is 0 Å². The second-order valence-corrected chi connectivity index (χ2v) is 8.87. The molecule has 0 aromatic heterocycles. The summed E-state index contributed by atoms with van der Waals surface area (Å²) in [4.78, 5) is 2.67. The summed E-state index contributed by atoms with van der Waals surface area (Å²) in [7, 11) is 0. The summed E-state index contributed by atoms with van der Waals surface area (Å²) in [5, 5.41) is 10.4. The summed E-state index contributed by atoms with van der Waals surface area (Å²) in [5.74, 6) is 3.27. The molecule has 3 aliphatic rings. The minimum absolute atomic E-state index is 0.0472. The maximum Gasteiger partial charge on any atom is 0.0580 e. The molecular weight excluding hydrogens is 246 g/mol. The van der Waals surface area contributed by atoms with E-state index in [4.69, 9.17) is 0 Å². The third-order valence-corrected chi connectivity index (χ3v) is 6.46. The Balaban J connectivity index is 1.56. The molecule has 116 valence electrons. The normalized spacial score (nSPS) is 42.9. The van der Waals surface area contributed by atoms with Crippen molar-refractivity contribution in [3.63, 3.8) is 0 Å². The fourth-order valence-corrected chi connectivity index (χ4v) is 5.04. The molecule has 2 heteroatoms. The Kier molecular flexibility index (Phi) is 4.16. The van der Waals surface area contributed by atoms with E-state index in [9.17, 15) is 5.11 Å². The topological polar surface area (TPSA) is 23.5 Å². The number of aliphatic hydroxyl groups excluding tert-OH is 1. The van der Waals surface area contributed by atoms with Crippen LogP contribution in [0.15, 0.2) is 0 Å². The van der Waals surface area contributed by atoms with Crippen molar-refractivity contribution in [2.24, 2.45) is 29.1 Å². The molecule has 1 heterocycles. The summed E-state index contributed by atoms with van der Waals surface area (Å²) >= 11 is 0. The van der Waals surface area contributed by atoms with E-state index in [1.807, 2.05) is 0 Å². The molecule has 5 unspecified atom stereocenters. The van der Waals surface area contributed by atoms with Crippen molar-refractivity contribution in [3.05, 3.63) is 0 Å². The number of nitrogens with zero attached hydrogens (tertiary/aromatic N) is 1. The summed E-state index contributed by atoms with van der Waals surface area (Å²) in [6.07, 6.45) is 7.80. The van der Waals surface area contributed by atoms with Crippen LogP contribution in [0.2, 0.25) is 0 Å². The van der Waals surface area contributed by atoms with Crippen LogP contribution in [0.4, 0.5) is 0 Å². The van der Waals surface area contributed by atoms with Gasteiger partial charge >= 0.3 is 0 Å². The van der Waals surface area contributed by atoms with E-state index in [2.05, 4.69) is 25.7 Å². The van der Waals surface area contributed by atoms with Gasteiger partial charge in [0.1, 0.15) is 0 Å². The van der Waals surface area contributed by atoms with Crippen LogP contribution in [0.1, 0.15) is 59.3 Å². The van der Waals surface area contributed by atoms with E-state index in [0.717, 1.165) is 30.7 Å². The Labute approximate surface area is 124 Å². The van der Waals surface area contributed by atoms with Gasteiger partial charge in [-0.15, -0.1) is 0 Å². The van der Waals surface area contributed by atoms with E-state index in [-0.39, 0.29) is 6.10 Å². The average molecular weight is 279 g/mol. The number of fused-ring (bicyclic) bond motifs is 1. The van der Waals surface area contributed by atoms with Crippen molar-refractivity contribution in [1.29, 1.82) is 0 Å². The van der Waals surface area contributed by atoms with Crippen LogP contribution in [-0.4, -0.2) is 35.7 Å². The molecule has 1 saturated heterocycles. The van der Waals surface area contributed by atoms with Gasteiger partial charge in [-0.3, -0.25) is 0 Å². The lowest BCUT2D eigenvalue weighted by Crippen LogP contribution is -2.41. The third kappa shape index (κ3) is 3.06. The van der Waals surface area contributed by atoms with Crippen LogP contribution in [-0.2, 0) is 0 Å². The highest BCUT2D eigenvalue weighted by Gasteiger charge is 2.40. The average Bonchev–Trinajstić information content (AvgIpc) is 2.91. The molecule has 1 aliphatic heterocycles. The predicted molar refractivity (Wildman–Crippen MR) is 83.6 cm³/mol. The molecule has 3 rings (SSSR count). The third-order valence-electron chi connectivity index (χ3n) is 6.46. The molecule has 0 radical (unpaired) electrons. The number of hydrogen-bond donors (Lipinski definition) is 1. The largest absolute Gasteiger partial charge is 0.393 e. The van der Waals surface area contributed by atoms with Crippen LogP contribution in [0.5, 0.6) is 0 Å². The minimum Gasteiger partial charge on any atom is -0.393 e. The van der Waals surface area contributed by atoms with Crippen LogP contribution in [0, 0.1) is 29.1 Å². The van der Waals surface area contributed by atoms with E-state index in [0.29, 0.717) is 11.3 Å². The fraction of sp³-hybridized carbons (Fsp3) is 1.00. The molecule has 0 amide bonds. The van der Waals surface area contributed by atoms with Crippen molar-refractivity contribution < 1.29 is 5.11 Å². The van der Waals surface area contributed by atoms with Gasteiger partial charge in [-0.2, -0.15) is 0 Å². The van der Waals surface area contributed by atoms with Gasteiger partial charge in [0.05, 0.1) is 6.10 Å². The molecule has 2 aliphatic carbocycles. The number of aliphatic hydroxyl groups is 1. The van der Waals surface area contributed by atoms with E-state index in [1.165, 1.54) is 45.2 Å². The molecular formula is C18H33NO. The highest BCUT2D eigenvalue weighted by atomic mass is 16.3. The zero-order chi connectivity index (χ0) is 14.3. The molecule has 0 aromatic rings. The first-order chi connectivity index (χ1) is 9.43. The van der Waals surface area contributed by atoms with Crippen LogP contribution in [0.25, 0.3) is 0 Å². The van der Waals surface area contributed by atoms with Crippen molar-refractivity contribution >= 4 is 0 Å². The molecule has 0 spiro atoms. The Bertz CT molecular complexity index is 323. The molecule has 1 N–H and O–H groups in total. The van der Waals surface area contributed by atoms with Crippen molar-refractivity contribution in [2.45, 2.75) is 65.4 Å². The van der Waals surface area contributed by atoms with Crippen molar-refractivity contribution in [1.82, 2.24) is 4.90 Å². The van der Waals surface area contributed by atoms with Gasteiger partial charge < -0.3 is 10.0 Å². The lowest BCUT2D eigenvalue weighted by Gasteiger charge is -2.41. The maximum absolute atomic E-state index is 10.4. The lowest BCUT2D eigenvalue weighted by atomic mass is 9.68. The number of rotatable bonds is 2. The Morgan fingerprint density at radius 1 is 1.00 bits per heavy atom. The van der Waals surface area contributed by atoms with Gasteiger partial charge in [0.2, 0.25) is 0 Å². The maximum atomic E-state index is 10.4. The summed E-state index contributed by atoms with van der Waals surface area (Å²) in [6.45, 7) is 10.9. The predicted octanol–water partition coefficient (Wildman–Crippen LogP) is 3.54. The summed E-state index contributed by atoms with van der Waals surface area (Å²) < 4.78 is 0. The van der Waals surface area contributed by atoms with Gasteiger partial charge in [0.15, 0.2) is 0 Å². The van der Waals surface area contributed by atoms with Gasteiger partial charge in [-0.25, -0.2) is 0 Å². The Morgan fingerprint density at radius 3 is 2.25 bits per heavy atom. The standard InChI is InChI=1S/C18H33NO/c1-18(2,3)16-7-8-17(20)15(9-16)12-19-10-13-5-4-6-14(13)11-19/h13-17,20H,4-12H2,1-3H3. The first kappa shape index (κ1) is 14.8. The number of likely N-dealkylation sites (tertiary alicyclic amines) is 1. The zero-order valence-electron chi connectivity index (χ0n) is 13.6. The second-order valence-electron chi connectivity index (χ2n) is 8.87. The minimum atomic E-state index is -0.0472. The first-order valence-corrected chi connectivity index (χ1v) is 8.84. The first-order valence-electron chi connectivity index (χ1n) is 8.84. The van der Waals surface area contributed by atoms with Gasteiger partial charge in [0, 0.05) is 19.6 Å². The van der Waals surface area contributed by atoms with Crippen LogP contribution in [0.3, 0.4) is 0 Å². The van der Waals surface area contributed by atoms with Crippen LogP contribution >= 0.6 is 0 Å². The number of hydrogen-bond acceptors (Lipinski definition) is 2. The van der Waals surface area contributed by atoms with Gasteiger partial charge in [0.25, 0.3) is 0 Å². The summed E-state index contributed by atoms with van der Waals surface area (Å²) in [5.41, 5.74) is 0.403.